The highest BCUT2D eigenvalue weighted by Gasteiger charge is 2.10. The first-order valence-corrected chi connectivity index (χ1v) is 9.11. The Hall–Kier alpha value is -3.00. The molecule has 0 aliphatic rings. The van der Waals surface area contributed by atoms with Crippen molar-refractivity contribution in [3.8, 4) is 11.4 Å². The van der Waals surface area contributed by atoms with Crippen LogP contribution < -0.4 is 10.5 Å². The van der Waals surface area contributed by atoms with Gasteiger partial charge in [-0.1, -0.05) is 30.3 Å². The van der Waals surface area contributed by atoms with Crippen molar-refractivity contribution in [2.75, 3.05) is 5.73 Å². The van der Waals surface area contributed by atoms with Crippen LogP contribution in [-0.4, -0.2) is 33.0 Å². The van der Waals surface area contributed by atoms with Crippen molar-refractivity contribution in [1.82, 2.24) is 25.2 Å². The lowest BCUT2D eigenvalue weighted by Gasteiger charge is -2.03. The summed E-state index contributed by atoms with van der Waals surface area (Å²) in [7, 11) is 2.13. The molecule has 0 spiro atoms. The normalized spacial score (nSPS) is 10.9. The van der Waals surface area contributed by atoms with E-state index in [-0.39, 0.29) is 0 Å². The first-order valence-electron chi connectivity index (χ1n) is 8.29. The standard InChI is InChI=1S/C18H17BN6S/c19-16-8-7-14(26-16)10-12-3-5-13(6-4-12)11-25-23-18(22-24-25)15-2-1-9-21-17(15)20/h1-9H,10-11,19H2,(H2,20,21). The summed E-state index contributed by atoms with van der Waals surface area (Å²) in [6.07, 6.45) is 2.60. The van der Waals surface area contributed by atoms with Crippen LogP contribution in [0.3, 0.4) is 0 Å². The molecule has 0 bridgehead atoms. The van der Waals surface area contributed by atoms with Gasteiger partial charge < -0.3 is 5.73 Å². The Morgan fingerprint density at radius 2 is 1.85 bits per heavy atom. The molecule has 6 nitrogen and oxygen atoms in total. The number of benzene rings is 1. The quantitative estimate of drug-likeness (QED) is 0.542. The van der Waals surface area contributed by atoms with Crippen molar-refractivity contribution < 1.29 is 0 Å². The third-order valence-corrected chi connectivity index (χ3v) is 5.05. The second-order valence-electron chi connectivity index (χ2n) is 6.09. The Labute approximate surface area is 156 Å². The molecule has 128 valence electrons. The Morgan fingerprint density at radius 3 is 2.58 bits per heavy atom. The number of nitrogen functional groups attached to an aromatic ring is 1. The Bertz CT molecular complexity index is 1020. The summed E-state index contributed by atoms with van der Waals surface area (Å²) in [5.41, 5.74) is 8.98. The lowest BCUT2D eigenvalue weighted by Crippen LogP contribution is -2.04. The second kappa shape index (κ2) is 7.09. The van der Waals surface area contributed by atoms with Gasteiger partial charge in [-0.05, 0) is 39.3 Å². The highest BCUT2D eigenvalue weighted by Crippen LogP contribution is 2.19. The Balaban J connectivity index is 1.45. The molecule has 4 rings (SSSR count). The molecule has 0 aliphatic carbocycles. The van der Waals surface area contributed by atoms with E-state index in [1.165, 1.54) is 15.2 Å². The SMILES string of the molecule is Bc1ccc(Cc2ccc(Cn3nnc(-c4cccnc4N)n3)cc2)s1. The number of aromatic nitrogens is 5. The zero-order valence-corrected chi connectivity index (χ0v) is 15.1. The highest BCUT2D eigenvalue weighted by molar-refractivity contribution is 7.20. The van der Waals surface area contributed by atoms with Crippen LogP contribution in [0, 0.1) is 0 Å². The fraction of sp³-hybridized carbons (Fsp3) is 0.111. The van der Waals surface area contributed by atoms with E-state index in [1.807, 2.05) is 17.4 Å². The van der Waals surface area contributed by atoms with Gasteiger partial charge in [0.2, 0.25) is 5.82 Å². The summed E-state index contributed by atoms with van der Waals surface area (Å²) < 4.78 is 1.35. The first-order chi connectivity index (χ1) is 12.7. The van der Waals surface area contributed by atoms with Gasteiger partial charge in [-0.25, -0.2) is 4.98 Å². The smallest absolute Gasteiger partial charge is 0.208 e. The minimum Gasteiger partial charge on any atom is -0.383 e. The van der Waals surface area contributed by atoms with Crippen LogP contribution in [0.1, 0.15) is 16.0 Å². The van der Waals surface area contributed by atoms with Crippen LogP contribution in [0.5, 0.6) is 0 Å². The van der Waals surface area contributed by atoms with E-state index in [9.17, 15) is 0 Å². The van der Waals surface area contributed by atoms with E-state index in [0.717, 1.165) is 12.0 Å². The number of thiophene rings is 1. The molecule has 0 atom stereocenters. The number of nitrogens with two attached hydrogens (primary N) is 1. The summed E-state index contributed by atoms with van der Waals surface area (Å²) in [5, 5.41) is 12.6. The average Bonchev–Trinajstić information content (AvgIpc) is 3.26. The fourth-order valence-electron chi connectivity index (χ4n) is 2.73. The van der Waals surface area contributed by atoms with E-state index >= 15 is 0 Å². The molecule has 0 unspecified atom stereocenters. The van der Waals surface area contributed by atoms with Crippen molar-refractivity contribution in [2.45, 2.75) is 13.0 Å². The van der Waals surface area contributed by atoms with E-state index in [4.69, 9.17) is 5.73 Å². The zero-order chi connectivity index (χ0) is 17.9. The van der Waals surface area contributed by atoms with Crippen molar-refractivity contribution in [1.29, 1.82) is 0 Å². The summed E-state index contributed by atoms with van der Waals surface area (Å²) in [4.78, 5) is 7.01. The van der Waals surface area contributed by atoms with Gasteiger partial charge in [0.25, 0.3) is 0 Å². The van der Waals surface area contributed by atoms with Crippen LogP contribution in [0.25, 0.3) is 11.4 Å². The molecule has 4 aromatic rings. The highest BCUT2D eigenvalue weighted by atomic mass is 32.1. The molecule has 2 N–H and O–H groups in total. The maximum absolute atomic E-state index is 5.87. The van der Waals surface area contributed by atoms with Gasteiger partial charge in [0.15, 0.2) is 7.85 Å². The molecule has 26 heavy (non-hydrogen) atoms. The van der Waals surface area contributed by atoms with Gasteiger partial charge in [-0.15, -0.1) is 10.2 Å². The lowest BCUT2D eigenvalue weighted by atomic mass is 10.1. The van der Waals surface area contributed by atoms with Crippen LogP contribution in [-0.2, 0) is 13.0 Å². The number of pyridine rings is 1. The third-order valence-electron chi connectivity index (χ3n) is 4.05. The molecule has 1 aromatic carbocycles. The average molecular weight is 360 g/mol. The summed E-state index contributed by atoms with van der Waals surface area (Å²) in [6.45, 7) is 0.561. The zero-order valence-electron chi connectivity index (χ0n) is 14.3. The summed E-state index contributed by atoms with van der Waals surface area (Å²) in [5.74, 6) is 0.889. The van der Waals surface area contributed by atoms with Gasteiger partial charge in [0.1, 0.15) is 5.82 Å². The van der Waals surface area contributed by atoms with Crippen molar-refractivity contribution in [3.05, 3.63) is 70.7 Å². The van der Waals surface area contributed by atoms with Crippen LogP contribution in [0.15, 0.2) is 54.7 Å². The minimum atomic E-state index is 0.403. The van der Waals surface area contributed by atoms with Crippen molar-refractivity contribution in [3.63, 3.8) is 0 Å². The molecular weight excluding hydrogens is 343 g/mol. The van der Waals surface area contributed by atoms with Gasteiger partial charge in [-0.3, -0.25) is 0 Å². The Morgan fingerprint density at radius 1 is 1.04 bits per heavy atom. The molecule has 0 radical (unpaired) electrons. The predicted molar refractivity (Wildman–Crippen MR) is 106 cm³/mol. The maximum Gasteiger partial charge on any atom is 0.208 e. The van der Waals surface area contributed by atoms with Crippen LogP contribution >= 0.6 is 11.3 Å². The first kappa shape index (κ1) is 16.5. The second-order valence-corrected chi connectivity index (χ2v) is 7.46. The maximum atomic E-state index is 5.87. The van der Waals surface area contributed by atoms with E-state index in [2.05, 4.69) is 64.6 Å². The largest absolute Gasteiger partial charge is 0.383 e. The van der Waals surface area contributed by atoms with E-state index < -0.39 is 0 Å². The van der Waals surface area contributed by atoms with Crippen LogP contribution in [0.4, 0.5) is 5.82 Å². The molecular formula is C18H17BN6S. The lowest BCUT2D eigenvalue weighted by molar-refractivity contribution is 0.573. The molecule has 0 saturated carbocycles. The molecule has 8 heteroatoms. The number of nitrogens with zero attached hydrogens (tertiary/aromatic N) is 5. The van der Waals surface area contributed by atoms with E-state index in [1.54, 1.807) is 17.1 Å². The molecule has 0 saturated heterocycles. The molecule has 3 aromatic heterocycles. The van der Waals surface area contributed by atoms with Gasteiger partial charge >= 0.3 is 0 Å². The van der Waals surface area contributed by atoms with Gasteiger partial charge in [-0.2, -0.15) is 16.1 Å². The summed E-state index contributed by atoms with van der Waals surface area (Å²) >= 11 is 1.84. The number of hydrogen-bond acceptors (Lipinski definition) is 6. The molecule has 0 amide bonds. The van der Waals surface area contributed by atoms with Crippen molar-refractivity contribution in [2.24, 2.45) is 0 Å². The van der Waals surface area contributed by atoms with Crippen molar-refractivity contribution >= 4 is 29.8 Å². The van der Waals surface area contributed by atoms with E-state index in [0.29, 0.717) is 23.8 Å². The molecule has 3 heterocycles. The monoisotopic (exact) mass is 360 g/mol. The number of tetrazole rings is 1. The summed E-state index contributed by atoms with van der Waals surface area (Å²) in [6, 6.07) is 16.5. The minimum absolute atomic E-state index is 0.403. The number of anilines is 1. The predicted octanol–water partition coefficient (Wildman–Crippen LogP) is 1.28. The van der Waals surface area contributed by atoms with Gasteiger partial charge in [0.05, 0.1) is 12.1 Å². The van der Waals surface area contributed by atoms with Crippen LogP contribution in [0.2, 0.25) is 0 Å². The molecule has 0 aliphatic heterocycles. The fourth-order valence-corrected chi connectivity index (χ4v) is 3.66. The number of rotatable bonds is 5. The Kier molecular flexibility index (Phi) is 4.49. The third kappa shape index (κ3) is 3.65. The van der Waals surface area contributed by atoms with Gasteiger partial charge in [0, 0.05) is 17.5 Å². The number of hydrogen-bond donors (Lipinski definition) is 1. The molecule has 0 fully saturated rings. The topological polar surface area (TPSA) is 82.5 Å².